The number of aliphatic hydroxyl groups excluding tert-OH is 2. The van der Waals surface area contributed by atoms with Crippen molar-refractivity contribution in [1.29, 1.82) is 0 Å². The second-order valence-electron chi connectivity index (χ2n) is 2.64. The molecule has 98 valence electrons. The van der Waals surface area contributed by atoms with E-state index in [1.54, 1.807) is 6.20 Å². The monoisotopic (exact) mass is 299 g/mol. The number of nitrogens with one attached hydrogen (secondary N) is 1. The van der Waals surface area contributed by atoms with Gasteiger partial charge in [0.1, 0.15) is 0 Å². The molecular weight excluding hydrogens is 281 g/mol. The molecule has 8 heteroatoms. The zero-order chi connectivity index (χ0) is 12.4. The number of thiocarbonyl (C=S) groups is 2. The maximum absolute atomic E-state index is 8.63. The first-order chi connectivity index (χ1) is 7.52. The molecule has 0 saturated carbocycles. The van der Waals surface area contributed by atoms with Crippen molar-refractivity contribution in [2.45, 2.75) is 13.8 Å². The molecule has 0 bridgehead atoms. The first-order valence-corrected chi connectivity index (χ1v) is 5.19. The van der Waals surface area contributed by atoms with E-state index in [0.717, 1.165) is 12.1 Å². The standard InChI is InChI=1S/C8H10N2OS.CH3NOS.CH4.Na.H/c11-8(12)10-6-4-7-3-1-2-5-9-7;2-1(3)4;;;/h1-3,5H,4,6H2,(H2,10,11,12);(H3,2,3,4);1H4;;. The van der Waals surface area contributed by atoms with Crippen molar-refractivity contribution in [3.05, 3.63) is 30.1 Å². The molecule has 0 fully saturated rings. The first kappa shape index (κ1) is 22.7. The summed E-state index contributed by atoms with van der Waals surface area (Å²) in [6, 6.07) is 5.73. The van der Waals surface area contributed by atoms with E-state index in [1.165, 1.54) is 0 Å². The number of pyridine rings is 1. The van der Waals surface area contributed by atoms with E-state index in [9.17, 15) is 0 Å². The number of hydrogen-bond donors (Lipinski definition) is 4. The van der Waals surface area contributed by atoms with Crippen LogP contribution in [0.4, 0.5) is 0 Å². The molecule has 1 rings (SSSR count). The van der Waals surface area contributed by atoms with Gasteiger partial charge in [0.15, 0.2) is 0 Å². The Balaban J connectivity index is -0.000000332. The molecule has 18 heavy (non-hydrogen) atoms. The van der Waals surface area contributed by atoms with Gasteiger partial charge in [0.25, 0.3) is 10.3 Å². The zero-order valence-corrected chi connectivity index (χ0v) is 10.1. The third-order valence-electron chi connectivity index (χ3n) is 1.38. The minimum atomic E-state index is -0.500. The van der Waals surface area contributed by atoms with E-state index in [-0.39, 0.29) is 42.2 Å². The quantitative estimate of drug-likeness (QED) is 0.485. The van der Waals surface area contributed by atoms with Crippen LogP contribution < -0.4 is 11.1 Å². The fraction of sp³-hybridized carbons (Fsp3) is 0.300. The molecule has 0 unspecified atom stereocenters. The molecule has 1 heterocycles. The van der Waals surface area contributed by atoms with E-state index < -0.39 is 5.17 Å². The number of rotatable bonds is 3. The molecular formula is C10H18N3NaO2S2. The van der Waals surface area contributed by atoms with Crippen LogP contribution in [-0.2, 0) is 6.42 Å². The fourth-order valence-corrected chi connectivity index (χ4v) is 0.946. The summed E-state index contributed by atoms with van der Waals surface area (Å²) in [5.74, 6) is 0. The van der Waals surface area contributed by atoms with Crippen LogP contribution in [-0.4, -0.2) is 61.6 Å². The summed E-state index contributed by atoms with van der Waals surface area (Å²) >= 11 is 8.31. The third-order valence-corrected chi connectivity index (χ3v) is 1.53. The summed E-state index contributed by atoms with van der Waals surface area (Å²) in [7, 11) is 0. The Bertz CT molecular complexity index is 335. The maximum atomic E-state index is 8.63. The minimum absolute atomic E-state index is 0. The molecule has 0 saturated heterocycles. The first-order valence-electron chi connectivity index (χ1n) is 4.37. The number of aromatic nitrogens is 1. The van der Waals surface area contributed by atoms with Gasteiger partial charge >= 0.3 is 29.6 Å². The molecule has 0 aliphatic rings. The van der Waals surface area contributed by atoms with Crippen molar-refractivity contribution in [3.8, 4) is 0 Å². The van der Waals surface area contributed by atoms with Crippen molar-refractivity contribution >= 4 is 64.3 Å². The summed E-state index contributed by atoms with van der Waals surface area (Å²) in [5.41, 5.74) is 5.39. The predicted octanol–water partition coefficient (Wildman–Crippen LogP) is 0.832. The molecule has 0 aliphatic heterocycles. The van der Waals surface area contributed by atoms with Gasteiger partial charge in [-0.25, -0.2) is 0 Å². The van der Waals surface area contributed by atoms with Crippen molar-refractivity contribution in [2.75, 3.05) is 6.54 Å². The van der Waals surface area contributed by atoms with Gasteiger partial charge in [-0.15, -0.1) is 0 Å². The van der Waals surface area contributed by atoms with Crippen LogP contribution in [0.5, 0.6) is 0 Å². The summed E-state index contributed by atoms with van der Waals surface area (Å²) < 4.78 is 0. The molecule has 0 radical (unpaired) electrons. The Hall–Kier alpha value is -0.470. The number of aliphatic hydroxyl groups is 2. The Kier molecular flexibility index (Phi) is 18.4. The molecule has 5 N–H and O–H groups in total. The second-order valence-corrected chi connectivity index (χ2v) is 3.45. The van der Waals surface area contributed by atoms with E-state index in [2.05, 4.69) is 40.5 Å². The van der Waals surface area contributed by atoms with E-state index in [0.29, 0.717) is 6.54 Å². The van der Waals surface area contributed by atoms with Gasteiger partial charge in [0.2, 0.25) is 0 Å². The Morgan fingerprint density at radius 3 is 2.28 bits per heavy atom. The number of hydrogen-bond acceptors (Lipinski definition) is 3. The van der Waals surface area contributed by atoms with E-state index in [1.807, 2.05) is 18.2 Å². The Morgan fingerprint density at radius 1 is 1.33 bits per heavy atom. The molecule has 0 aliphatic carbocycles. The number of nitrogens with two attached hydrogens (primary N) is 1. The van der Waals surface area contributed by atoms with Crippen LogP contribution in [0.25, 0.3) is 0 Å². The van der Waals surface area contributed by atoms with Crippen molar-refractivity contribution in [1.82, 2.24) is 10.3 Å². The van der Waals surface area contributed by atoms with Crippen LogP contribution in [0, 0.1) is 0 Å². The van der Waals surface area contributed by atoms with Crippen LogP contribution in [0.3, 0.4) is 0 Å². The third kappa shape index (κ3) is 17.9. The zero-order valence-electron chi connectivity index (χ0n) is 8.46. The van der Waals surface area contributed by atoms with E-state index in [4.69, 9.17) is 10.2 Å². The van der Waals surface area contributed by atoms with Crippen LogP contribution >= 0.6 is 24.4 Å². The summed E-state index contributed by atoms with van der Waals surface area (Å²) in [6.45, 7) is 0.617. The topological polar surface area (TPSA) is 91.4 Å². The second kappa shape index (κ2) is 14.6. The van der Waals surface area contributed by atoms with Crippen molar-refractivity contribution in [2.24, 2.45) is 5.73 Å². The number of nitrogens with zero attached hydrogens (tertiary/aromatic N) is 1. The van der Waals surface area contributed by atoms with Crippen LogP contribution in [0.15, 0.2) is 24.4 Å². The molecule has 1 aromatic rings. The van der Waals surface area contributed by atoms with Gasteiger partial charge in [-0.2, -0.15) is 0 Å². The Labute approximate surface area is 140 Å². The molecule has 0 aromatic carbocycles. The van der Waals surface area contributed by atoms with Crippen molar-refractivity contribution < 1.29 is 10.2 Å². The van der Waals surface area contributed by atoms with Gasteiger partial charge in [0, 0.05) is 24.9 Å². The average Bonchev–Trinajstić information content (AvgIpc) is 2.18. The summed E-state index contributed by atoms with van der Waals surface area (Å²) in [4.78, 5) is 4.11. The molecule has 1 aromatic heterocycles. The molecule has 0 amide bonds. The molecule has 0 atom stereocenters. The van der Waals surface area contributed by atoms with E-state index >= 15 is 0 Å². The average molecular weight is 299 g/mol. The summed E-state index contributed by atoms with van der Waals surface area (Å²) in [6.07, 6.45) is 2.51. The SMILES string of the molecule is C.NC(O)=S.OC(=S)NCCc1ccccn1.[NaH]. The molecule has 0 spiro atoms. The normalized spacial score (nSPS) is 7.56. The predicted molar refractivity (Wildman–Crippen MR) is 84.5 cm³/mol. The van der Waals surface area contributed by atoms with Crippen LogP contribution in [0.2, 0.25) is 0 Å². The van der Waals surface area contributed by atoms with Gasteiger partial charge < -0.3 is 21.3 Å². The van der Waals surface area contributed by atoms with Crippen LogP contribution in [0.1, 0.15) is 13.1 Å². The summed E-state index contributed by atoms with van der Waals surface area (Å²) in [5, 5.41) is 18.2. The molecule has 5 nitrogen and oxygen atoms in total. The van der Waals surface area contributed by atoms with Crippen molar-refractivity contribution in [3.63, 3.8) is 0 Å². The fourth-order valence-electron chi connectivity index (χ4n) is 0.844. The van der Waals surface area contributed by atoms with Gasteiger partial charge in [-0.05, 0) is 36.6 Å². The van der Waals surface area contributed by atoms with Gasteiger partial charge in [0.05, 0.1) is 0 Å². The Morgan fingerprint density at radius 2 is 1.89 bits per heavy atom. The van der Waals surface area contributed by atoms with Gasteiger partial charge in [-0.3, -0.25) is 4.98 Å². The van der Waals surface area contributed by atoms with Gasteiger partial charge in [-0.1, -0.05) is 13.5 Å².